The first-order valence-electron chi connectivity index (χ1n) is 6.93. The Kier molecular flexibility index (Phi) is 4.08. The first-order chi connectivity index (χ1) is 9.81. The van der Waals surface area contributed by atoms with Crippen molar-refractivity contribution in [2.24, 2.45) is 5.92 Å². The number of pyridine rings is 1. The molecule has 0 aromatic carbocycles. The molecule has 106 valence electrons. The van der Waals surface area contributed by atoms with Gasteiger partial charge < -0.3 is 9.26 Å². The molecule has 1 aliphatic rings. The minimum Gasteiger partial charge on any atom is -0.381 e. The largest absolute Gasteiger partial charge is 0.381 e. The van der Waals surface area contributed by atoms with Gasteiger partial charge in [-0.15, -0.1) is 0 Å². The van der Waals surface area contributed by atoms with Gasteiger partial charge in [-0.25, -0.2) is 0 Å². The van der Waals surface area contributed by atoms with Crippen LogP contribution < -0.4 is 0 Å². The van der Waals surface area contributed by atoms with Crippen LogP contribution in [0.25, 0.3) is 11.3 Å². The van der Waals surface area contributed by atoms with Gasteiger partial charge in [0.2, 0.25) is 0 Å². The zero-order valence-electron chi connectivity index (χ0n) is 11.7. The summed E-state index contributed by atoms with van der Waals surface area (Å²) >= 11 is 0. The zero-order valence-corrected chi connectivity index (χ0v) is 11.7. The molecule has 1 fully saturated rings. The van der Waals surface area contributed by atoms with Gasteiger partial charge in [0.05, 0.1) is 13.2 Å². The van der Waals surface area contributed by atoms with Gasteiger partial charge in [0, 0.05) is 37.2 Å². The van der Waals surface area contributed by atoms with E-state index in [1.54, 1.807) is 12.4 Å². The summed E-state index contributed by atoms with van der Waals surface area (Å²) in [6, 6.07) is 5.86. The highest BCUT2D eigenvalue weighted by atomic mass is 16.5. The number of hydrogen-bond donors (Lipinski definition) is 0. The third-order valence-corrected chi connectivity index (χ3v) is 3.55. The quantitative estimate of drug-likeness (QED) is 0.836. The number of ether oxygens (including phenoxy) is 1. The summed E-state index contributed by atoms with van der Waals surface area (Å²) in [5.41, 5.74) is 1.89. The van der Waals surface area contributed by atoms with Crippen molar-refractivity contribution in [1.29, 1.82) is 0 Å². The van der Waals surface area contributed by atoms with E-state index in [1.807, 2.05) is 18.2 Å². The van der Waals surface area contributed by atoms with Crippen molar-refractivity contribution in [2.75, 3.05) is 26.8 Å². The Hall–Kier alpha value is -1.72. The lowest BCUT2D eigenvalue weighted by Gasteiger charge is -2.18. The van der Waals surface area contributed by atoms with Crippen LogP contribution in [0.1, 0.15) is 12.2 Å². The fourth-order valence-corrected chi connectivity index (χ4v) is 2.54. The molecule has 3 rings (SSSR count). The van der Waals surface area contributed by atoms with E-state index < -0.39 is 0 Å². The minimum atomic E-state index is 0.641. The third-order valence-electron chi connectivity index (χ3n) is 3.55. The maximum atomic E-state index is 5.41. The minimum absolute atomic E-state index is 0.641. The topological polar surface area (TPSA) is 51.4 Å². The Morgan fingerprint density at radius 1 is 1.35 bits per heavy atom. The van der Waals surface area contributed by atoms with E-state index in [1.165, 1.54) is 0 Å². The molecule has 0 aliphatic carbocycles. The average molecular weight is 273 g/mol. The summed E-state index contributed by atoms with van der Waals surface area (Å²) < 4.78 is 10.8. The highest BCUT2D eigenvalue weighted by Crippen LogP contribution is 2.19. The number of nitrogens with zero attached hydrogens (tertiary/aromatic N) is 3. The maximum Gasteiger partial charge on any atom is 0.151 e. The monoisotopic (exact) mass is 273 g/mol. The molecule has 0 saturated carbocycles. The molecular formula is C15H19N3O2. The Bertz CT molecular complexity index is 535. The molecule has 0 amide bonds. The van der Waals surface area contributed by atoms with Crippen molar-refractivity contribution in [1.82, 2.24) is 15.0 Å². The molecule has 2 aromatic heterocycles. The molecule has 5 nitrogen and oxygen atoms in total. The normalized spacial score (nSPS) is 18.8. The van der Waals surface area contributed by atoms with Crippen molar-refractivity contribution >= 4 is 0 Å². The summed E-state index contributed by atoms with van der Waals surface area (Å²) in [5, 5.41) is 4.12. The molecule has 0 bridgehead atoms. The Morgan fingerprint density at radius 3 is 2.95 bits per heavy atom. The smallest absolute Gasteiger partial charge is 0.151 e. The standard InChI is InChI=1S/C15H19N3O2/c1-18(9-12-4-7-19-11-12)10-14-8-15(17-20-14)13-2-5-16-6-3-13/h2-3,5-6,8,12H,4,7,9-11H2,1H3/t12-/m1/s1. The molecule has 1 aliphatic heterocycles. The fourth-order valence-electron chi connectivity index (χ4n) is 2.54. The van der Waals surface area contributed by atoms with Crippen LogP contribution in [-0.4, -0.2) is 41.8 Å². The second-order valence-corrected chi connectivity index (χ2v) is 5.34. The number of rotatable bonds is 5. The van der Waals surface area contributed by atoms with Gasteiger partial charge in [-0.3, -0.25) is 9.88 Å². The van der Waals surface area contributed by atoms with Crippen molar-refractivity contribution < 1.29 is 9.26 Å². The molecule has 2 aromatic rings. The van der Waals surface area contributed by atoms with Crippen LogP contribution in [0.3, 0.4) is 0 Å². The molecular weight excluding hydrogens is 254 g/mol. The Morgan fingerprint density at radius 2 is 2.20 bits per heavy atom. The molecule has 0 unspecified atom stereocenters. The molecule has 1 atom stereocenters. The molecule has 1 saturated heterocycles. The first kappa shape index (κ1) is 13.3. The summed E-state index contributed by atoms with van der Waals surface area (Å²) in [4.78, 5) is 6.27. The molecule has 0 N–H and O–H groups in total. The summed E-state index contributed by atoms with van der Waals surface area (Å²) in [5.74, 6) is 1.53. The van der Waals surface area contributed by atoms with Crippen LogP contribution in [-0.2, 0) is 11.3 Å². The van der Waals surface area contributed by atoms with E-state index >= 15 is 0 Å². The van der Waals surface area contributed by atoms with E-state index in [2.05, 4.69) is 22.1 Å². The Balaban J connectivity index is 1.59. The van der Waals surface area contributed by atoms with Crippen LogP contribution in [0, 0.1) is 5.92 Å². The SMILES string of the molecule is CN(Cc1cc(-c2ccncc2)no1)C[C@H]1CCOC1. The van der Waals surface area contributed by atoms with Gasteiger partial charge in [0.25, 0.3) is 0 Å². The van der Waals surface area contributed by atoms with E-state index in [-0.39, 0.29) is 0 Å². The highest BCUT2D eigenvalue weighted by Gasteiger charge is 2.18. The van der Waals surface area contributed by atoms with E-state index in [4.69, 9.17) is 9.26 Å². The predicted molar refractivity (Wildman–Crippen MR) is 75.0 cm³/mol. The zero-order chi connectivity index (χ0) is 13.8. The van der Waals surface area contributed by atoms with Gasteiger partial charge in [0.1, 0.15) is 5.69 Å². The van der Waals surface area contributed by atoms with Crippen LogP contribution >= 0.6 is 0 Å². The Labute approximate surface area is 118 Å². The van der Waals surface area contributed by atoms with Crippen molar-refractivity contribution in [3.8, 4) is 11.3 Å². The maximum absolute atomic E-state index is 5.41. The molecule has 5 heteroatoms. The van der Waals surface area contributed by atoms with Gasteiger partial charge in [-0.2, -0.15) is 0 Å². The second-order valence-electron chi connectivity index (χ2n) is 5.34. The summed E-state index contributed by atoms with van der Waals surface area (Å²) in [7, 11) is 2.10. The molecule has 3 heterocycles. The molecule has 20 heavy (non-hydrogen) atoms. The van der Waals surface area contributed by atoms with E-state index in [9.17, 15) is 0 Å². The van der Waals surface area contributed by atoms with Crippen LogP contribution in [0.5, 0.6) is 0 Å². The molecule has 0 radical (unpaired) electrons. The van der Waals surface area contributed by atoms with Crippen molar-refractivity contribution in [3.05, 3.63) is 36.4 Å². The lowest BCUT2D eigenvalue weighted by molar-refractivity contribution is 0.169. The predicted octanol–water partition coefficient (Wildman–Crippen LogP) is 2.20. The number of aromatic nitrogens is 2. The van der Waals surface area contributed by atoms with Gasteiger partial charge >= 0.3 is 0 Å². The average Bonchev–Trinajstić information content (AvgIpc) is 3.11. The van der Waals surface area contributed by atoms with E-state index in [0.717, 1.165) is 49.7 Å². The number of hydrogen-bond acceptors (Lipinski definition) is 5. The molecule has 0 spiro atoms. The first-order valence-corrected chi connectivity index (χ1v) is 6.93. The van der Waals surface area contributed by atoms with Crippen LogP contribution in [0.2, 0.25) is 0 Å². The third kappa shape index (κ3) is 3.23. The highest BCUT2D eigenvalue weighted by molar-refractivity contribution is 5.57. The van der Waals surface area contributed by atoms with Crippen LogP contribution in [0.15, 0.2) is 35.1 Å². The second kappa shape index (κ2) is 6.15. The van der Waals surface area contributed by atoms with Gasteiger partial charge in [-0.1, -0.05) is 5.16 Å². The lowest BCUT2D eigenvalue weighted by atomic mass is 10.1. The van der Waals surface area contributed by atoms with Gasteiger partial charge in [-0.05, 0) is 31.5 Å². The van der Waals surface area contributed by atoms with E-state index in [0.29, 0.717) is 5.92 Å². The van der Waals surface area contributed by atoms with Crippen molar-refractivity contribution in [2.45, 2.75) is 13.0 Å². The van der Waals surface area contributed by atoms with Gasteiger partial charge in [0.15, 0.2) is 5.76 Å². The van der Waals surface area contributed by atoms with Crippen molar-refractivity contribution in [3.63, 3.8) is 0 Å². The summed E-state index contributed by atoms with van der Waals surface area (Å²) in [6.07, 6.45) is 4.68. The fraction of sp³-hybridized carbons (Fsp3) is 0.467. The van der Waals surface area contributed by atoms with Crippen LogP contribution in [0.4, 0.5) is 0 Å². The lowest BCUT2D eigenvalue weighted by Crippen LogP contribution is -2.25. The summed E-state index contributed by atoms with van der Waals surface area (Å²) in [6.45, 7) is 3.58.